The summed E-state index contributed by atoms with van der Waals surface area (Å²) in [6, 6.07) is 3.67. The number of carbonyl (C=O) groups excluding carboxylic acids is 2. The second-order valence-corrected chi connectivity index (χ2v) is 9.46. The van der Waals surface area contributed by atoms with Crippen molar-refractivity contribution in [2.24, 2.45) is 5.92 Å². The maximum absolute atomic E-state index is 12.6. The van der Waals surface area contributed by atoms with Gasteiger partial charge in [0.05, 0.1) is 17.1 Å². The fraction of sp³-hybridized carbons (Fsp3) is 0.550. The van der Waals surface area contributed by atoms with Gasteiger partial charge in [-0.3, -0.25) is 14.9 Å². The summed E-state index contributed by atoms with van der Waals surface area (Å²) in [7, 11) is 0. The second kappa shape index (κ2) is 8.52. The average molecular weight is 404 g/mol. The largest absolute Gasteiger partial charge is 0.337 e. The minimum atomic E-state index is -0.114. The minimum absolute atomic E-state index is 0.114. The van der Waals surface area contributed by atoms with Gasteiger partial charge >= 0.3 is 0 Å². The van der Waals surface area contributed by atoms with E-state index in [4.69, 9.17) is 0 Å². The van der Waals surface area contributed by atoms with Crippen molar-refractivity contribution in [3.8, 4) is 0 Å². The number of thiazole rings is 1. The Hall–Kier alpha value is -1.73. The summed E-state index contributed by atoms with van der Waals surface area (Å²) >= 11 is 2.91. The van der Waals surface area contributed by atoms with E-state index >= 15 is 0 Å². The lowest BCUT2D eigenvalue weighted by molar-refractivity contribution is -0.132. The van der Waals surface area contributed by atoms with Gasteiger partial charge in [0.1, 0.15) is 0 Å². The summed E-state index contributed by atoms with van der Waals surface area (Å²) in [5.41, 5.74) is 1.03. The molecule has 1 aliphatic carbocycles. The van der Waals surface area contributed by atoms with Crippen molar-refractivity contribution in [3.05, 3.63) is 33.0 Å². The number of hydrogen-bond acceptors (Lipinski definition) is 5. The normalized spacial score (nSPS) is 17.6. The van der Waals surface area contributed by atoms with E-state index in [1.807, 2.05) is 16.3 Å². The quantitative estimate of drug-likeness (QED) is 0.787. The van der Waals surface area contributed by atoms with Crippen molar-refractivity contribution in [2.75, 3.05) is 11.9 Å². The van der Waals surface area contributed by atoms with E-state index < -0.39 is 0 Å². The first-order valence-electron chi connectivity index (χ1n) is 9.80. The molecule has 0 spiro atoms. The number of nitrogens with one attached hydrogen (secondary N) is 1. The Labute approximate surface area is 167 Å². The maximum atomic E-state index is 12.6. The van der Waals surface area contributed by atoms with E-state index in [2.05, 4.69) is 10.3 Å². The molecular formula is C20H25N3O2S2. The lowest BCUT2D eigenvalue weighted by Gasteiger charge is -2.27. The Kier molecular flexibility index (Phi) is 5.88. The molecule has 2 aromatic heterocycles. The minimum Gasteiger partial charge on any atom is -0.337 e. The van der Waals surface area contributed by atoms with Gasteiger partial charge in [-0.1, -0.05) is 49.5 Å². The summed E-state index contributed by atoms with van der Waals surface area (Å²) in [5.74, 6) is 0.894. The molecule has 0 radical (unpaired) electrons. The van der Waals surface area contributed by atoms with Gasteiger partial charge in [-0.05, 0) is 23.8 Å². The Morgan fingerprint density at radius 1 is 1.26 bits per heavy atom. The third-order valence-corrected chi connectivity index (χ3v) is 7.41. The Balaban J connectivity index is 1.32. The van der Waals surface area contributed by atoms with Crippen molar-refractivity contribution in [2.45, 2.75) is 57.9 Å². The van der Waals surface area contributed by atoms with E-state index in [0.717, 1.165) is 35.9 Å². The van der Waals surface area contributed by atoms with Crippen molar-refractivity contribution in [1.29, 1.82) is 0 Å². The van der Waals surface area contributed by atoms with Crippen molar-refractivity contribution >= 4 is 39.6 Å². The van der Waals surface area contributed by atoms with Crippen LogP contribution in [0.2, 0.25) is 0 Å². The zero-order valence-corrected chi connectivity index (χ0v) is 17.0. The SMILES string of the molecule is O=C(Nc1nc2c(s1)CN(C(=O)CCC1CCCCC1)CC2)c1cccs1. The van der Waals surface area contributed by atoms with E-state index in [-0.39, 0.29) is 11.8 Å². The number of hydrogen-bond donors (Lipinski definition) is 1. The molecule has 1 N–H and O–H groups in total. The molecule has 4 rings (SSSR count). The number of thiophene rings is 1. The van der Waals surface area contributed by atoms with Crippen LogP contribution in [-0.4, -0.2) is 28.2 Å². The third kappa shape index (κ3) is 4.58. The molecule has 5 nitrogen and oxygen atoms in total. The van der Waals surface area contributed by atoms with Gasteiger partial charge in [-0.15, -0.1) is 11.3 Å². The van der Waals surface area contributed by atoms with Crippen molar-refractivity contribution in [1.82, 2.24) is 9.88 Å². The molecule has 0 unspecified atom stereocenters. The Morgan fingerprint density at radius 3 is 2.89 bits per heavy atom. The number of carbonyl (C=O) groups is 2. The van der Waals surface area contributed by atoms with Gasteiger partial charge in [0, 0.05) is 24.3 Å². The topological polar surface area (TPSA) is 62.3 Å². The number of nitrogens with zero attached hydrogens (tertiary/aromatic N) is 2. The molecule has 0 aromatic carbocycles. The summed E-state index contributed by atoms with van der Waals surface area (Å²) < 4.78 is 0. The highest BCUT2D eigenvalue weighted by Gasteiger charge is 2.25. The standard InChI is InChI=1S/C20H25N3O2S2/c24-18(9-8-14-5-2-1-3-6-14)23-11-10-15-17(13-23)27-20(21-15)22-19(25)16-7-4-12-26-16/h4,7,12,14H,1-3,5-6,8-11,13H2,(H,21,22,25). The van der Waals surface area contributed by atoms with Gasteiger partial charge < -0.3 is 4.90 Å². The van der Waals surface area contributed by atoms with Crippen molar-refractivity contribution < 1.29 is 9.59 Å². The number of fused-ring (bicyclic) bond motifs is 1. The Bertz CT molecular complexity index is 794. The molecule has 3 heterocycles. The molecule has 2 amide bonds. The van der Waals surface area contributed by atoms with Crippen LogP contribution in [0.3, 0.4) is 0 Å². The average Bonchev–Trinajstić information content (AvgIpc) is 3.35. The molecule has 2 aromatic rings. The van der Waals surface area contributed by atoms with Crippen LogP contribution in [0, 0.1) is 5.92 Å². The number of rotatable bonds is 5. The van der Waals surface area contributed by atoms with Crippen molar-refractivity contribution in [3.63, 3.8) is 0 Å². The van der Waals surface area contributed by atoms with Crippen LogP contribution in [0.1, 0.15) is 65.2 Å². The van der Waals surface area contributed by atoms with Crippen LogP contribution in [-0.2, 0) is 17.8 Å². The highest BCUT2D eigenvalue weighted by atomic mass is 32.1. The van der Waals surface area contributed by atoms with Gasteiger partial charge in [-0.25, -0.2) is 4.98 Å². The van der Waals surface area contributed by atoms with E-state index in [0.29, 0.717) is 23.0 Å². The predicted molar refractivity (Wildman–Crippen MR) is 109 cm³/mol. The number of amides is 2. The van der Waals surface area contributed by atoms with Crippen LogP contribution in [0.4, 0.5) is 5.13 Å². The highest BCUT2D eigenvalue weighted by molar-refractivity contribution is 7.16. The van der Waals surface area contributed by atoms with E-state index in [9.17, 15) is 9.59 Å². The zero-order chi connectivity index (χ0) is 18.6. The molecule has 7 heteroatoms. The molecule has 0 atom stereocenters. The summed E-state index contributed by atoms with van der Waals surface area (Å²) in [5, 5.41) is 5.41. The van der Waals surface area contributed by atoms with Crippen LogP contribution < -0.4 is 5.32 Å². The molecule has 1 aliphatic heterocycles. The molecule has 0 bridgehead atoms. The monoisotopic (exact) mass is 403 g/mol. The lowest BCUT2D eigenvalue weighted by atomic mass is 9.86. The molecule has 1 saturated carbocycles. The maximum Gasteiger partial charge on any atom is 0.267 e. The molecule has 1 fully saturated rings. The smallest absolute Gasteiger partial charge is 0.267 e. The van der Waals surface area contributed by atoms with Gasteiger partial charge in [-0.2, -0.15) is 0 Å². The molecule has 144 valence electrons. The third-order valence-electron chi connectivity index (χ3n) is 5.54. The van der Waals surface area contributed by atoms with Gasteiger partial charge in [0.15, 0.2) is 5.13 Å². The predicted octanol–water partition coefficient (Wildman–Crippen LogP) is 4.70. The molecule has 27 heavy (non-hydrogen) atoms. The highest BCUT2D eigenvalue weighted by Crippen LogP contribution is 2.31. The zero-order valence-electron chi connectivity index (χ0n) is 15.4. The summed E-state index contributed by atoms with van der Waals surface area (Å²) in [4.78, 5) is 33.2. The second-order valence-electron chi connectivity index (χ2n) is 7.43. The fourth-order valence-electron chi connectivity index (χ4n) is 3.99. The van der Waals surface area contributed by atoms with Gasteiger partial charge in [0.2, 0.25) is 5.91 Å². The van der Waals surface area contributed by atoms with Crippen LogP contribution in [0.25, 0.3) is 0 Å². The summed E-state index contributed by atoms with van der Waals surface area (Å²) in [6.07, 6.45) is 9.07. The number of anilines is 1. The molecule has 0 saturated heterocycles. The van der Waals surface area contributed by atoms with Gasteiger partial charge in [0.25, 0.3) is 5.91 Å². The van der Waals surface area contributed by atoms with E-state index in [1.54, 1.807) is 6.07 Å². The summed E-state index contributed by atoms with van der Waals surface area (Å²) in [6.45, 7) is 1.36. The molecule has 2 aliphatic rings. The fourth-order valence-corrected chi connectivity index (χ4v) is 5.63. The first-order valence-corrected chi connectivity index (χ1v) is 11.5. The molecular weight excluding hydrogens is 378 g/mol. The van der Waals surface area contributed by atoms with E-state index in [1.165, 1.54) is 54.8 Å². The first-order chi connectivity index (χ1) is 13.2. The number of aromatic nitrogens is 1. The lowest BCUT2D eigenvalue weighted by Crippen LogP contribution is -2.35. The van der Waals surface area contributed by atoms with Crippen LogP contribution >= 0.6 is 22.7 Å². The Morgan fingerprint density at radius 2 is 2.11 bits per heavy atom. The van der Waals surface area contributed by atoms with Crippen LogP contribution in [0.5, 0.6) is 0 Å². The van der Waals surface area contributed by atoms with Crippen LogP contribution in [0.15, 0.2) is 17.5 Å². The first kappa shape index (κ1) is 18.6.